The van der Waals surface area contributed by atoms with Crippen LogP contribution in [0.15, 0.2) is 18.2 Å². The van der Waals surface area contributed by atoms with Crippen LogP contribution in [-0.2, 0) is 0 Å². The first-order valence-electron chi connectivity index (χ1n) is 14.3. The Kier molecular flexibility index (Phi) is 9.37. The lowest BCUT2D eigenvalue weighted by Crippen LogP contribution is -2.23. The molecule has 184 valence electrons. The Bertz CT molecular complexity index is 780. The molecule has 3 aliphatic rings. The quantitative estimate of drug-likeness (QED) is 0.352. The highest BCUT2D eigenvalue weighted by Crippen LogP contribution is 2.45. The molecule has 0 amide bonds. The van der Waals surface area contributed by atoms with Gasteiger partial charge in [0.2, 0.25) is 0 Å². The normalized spacial score (nSPS) is 30.8. The van der Waals surface area contributed by atoms with Crippen LogP contribution in [0, 0.1) is 29.5 Å². The Hall–Kier alpha value is -0.820. The highest BCUT2D eigenvalue weighted by molar-refractivity contribution is 6.32. The maximum atomic E-state index is 15.4. The van der Waals surface area contributed by atoms with Gasteiger partial charge in [0.25, 0.3) is 0 Å². The molecule has 3 aliphatic carbocycles. The second-order valence-corrected chi connectivity index (χ2v) is 11.9. The molecule has 2 fully saturated rings. The second kappa shape index (κ2) is 12.2. The minimum Gasteiger partial charge on any atom is -0.205 e. The van der Waals surface area contributed by atoms with E-state index in [9.17, 15) is 0 Å². The van der Waals surface area contributed by atoms with Crippen molar-refractivity contribution >= 4 is 17.2 Å². The van der Waals surface area contributed by atoms with E-state index in [1.807, 2.05) is 0 Å². The molecule has 0 heterocycles. The molecule has 0 N–H and O–H groups in total. The van der Waals surface area contributed by atoms with Crippen LogP contribution in [0.5, 0.6) is 0 Å². The maximum absolute atomic E-state index is 15.4. The van der Waals surface area contributed by atoms with Gasteiger partial charge in [0, 0.05) is 0 Å². The van der Waals surface area contributed by atoms with E-state index in [2.05, 4.69) is 32.1 Å². The minimum absolute atomic E-state index is 0.137. The van der Waals surface area contributed by atoms with Crippen molar-refractivity contribution in [2.75, 3.05) is 0 Å². The highest BCUT2D eigenvalue weighted by Gasteiger charge is 2.30. The number of allylic oxidation sites excluding steroid dienone is 2. The fraction of sp³-hybridized carbons (Fsp3) is 0.742. The third-order valence-corrected chi connectivity index (χ3v) is 9.79. The summed E-state index contributed by atoms with van der Waals surface area (Å²) in [5.74, 6) is 3.76. The summed E-state index contributed by atoms with van der Waals surface area (Å²) in [6.07, 6.45) is 23.1. The van der Waals surface area contributed by atoms with Gasteiger partial charge in [0.15, 0.2) is 0 Å². The van der Waals surface area contributed by atoms with Crippen molar-refractivity contribution in [3.05, 3.63) is 40.2 Å². The predicted molar refractivity (Wildman–Crippen MR) is 141 cm³/mol. The molecule has 1 aromatic carbocycles. The molecular weight excluding hydrogens is 427 g/mol. The van der Waals surface area contributed by atoms with Crippen LogP contribution >= 0.6 is 11.6 Å². The third-order valence-electron chi connectivity index (χ3n) is 9.42. The van der Waals surface area contributed by atoms with E-state index in [-0.39, 0.29) is 5.82 Å². The van der Waals surface area contributed by atoms with Crippen molar-refractivity contribution in [2.24, 2.45) is 23.7 Å². The molecule has 0 nitrogen and oxygen atoms in total. The predicted octanol–water partition coefficient (Wildman–Crippen LogP) is 10.7. The largest absolute Gasteiger partial charge is 0.205 e. The average Bonchev–Trinajstić information content (AvgIpc) is 2.86. The number of benzene rings is 1. The Balaban J connectivity index is 1.34. The van der Waals surface area contributed by atoms with Gasteiger partial charge < -0.3 is 0 Å². The summed E-state index contributed by atoms with van der Waals surface area (Å²) < 4.78 is 15.4. The SMILES string of the molecule is CCCCC1CCC(C2CC=C(c3ccc(C4CCC(CCC)CC4)c(F)c3Cl)CC2)CC1. The fourth-order valence-electron chi connectivity index (χ4n) is 7.27. The lowest BCUT2D eigenvalue weighted by molar-refractivity contribution is 0.188. The number of halogens is 2. The minimum atomic E-state index is -0.137. The van der Waals surface area contributed by atoms with E-state index in [0.29, 0.717) is 10.9 Å². The number of unbranched alkanes of at least 4 members (excludes halogenated alkanes) is 1. The maximum Gasteiger partial charge on any atom is 0.145 e. The summed E-state index contributed by atoms with van der Waals surface area (Å²) in [6.45, 7) is 4.58. The Morgan fingerprint density at radius 2 is 1.52 bits per heavy atom. The summed E-state index contributed by atoms with van der Waals surface area (Å²) in [6, 6.07) is 4.19. The van der Waals surface area contributed by atoms with Crippen LogP contribution in [0.2, 0.25) is 5.02 Å². The Morgan fingerprint density at radius 3 is 2.15 bits per heavy atom. The summed E-state index contributed by atoms with van der Waals surface area (Å²) >= 11 is 6.66. The van der Waals surface area contributed by atoms with Crippen molar-refractivity contribution < 1.29 is 4.39 Å². The zero-order valence-electron chi connectivity index (χ0n) is 21.2. The van der Waals surface area contributed by atoms with Gasteiger partial charge >= 0.3 is 0 Å². The molecule has 0 saturated heterocycles. The van der Waals surface area contributed by atoms with Crippen molar-refractivity contribution in [3.8, 4) is 0 Å². The smallest absolute Gasteiger partial charge is 0.145 e. The Labute approximate surface area is 207 Å². The summed E-state index contributed by atoms with van der Waals surface area (Å²) in [5.41, 5.74) is 3.11. The topological polar surface area (TPSA) is 0 Å². The number of rotatable bonds is 8. The van der Waals surface area contributed by atoms with Crippen LogP contribution < -0.4 is 0 Å². The van der Waals surface area contributed by atoms with E-state index in [0.717, 1.165) is 60.5 Å². The first-order chi connectivity index (χ1) is 16.1. The zero-order valence-corrected chi connectivity index (χ0v) is 21.9. The average molecular weight is 473 g/mol. The molecule has 0 radical (unpaired) electrons. The van der Waals surface area contributed by atoms with Gasteiger partial charge in [0.05, 0.1) is 5.02 Å². The summed E-state index contributed by atoms with van der Waals surface area (Å²) in [5, 5.41) is 0.379. The first kappa shape index (κ1) is 25.3. The Morgan fingerprint density at radius 1 is 0.818 bits per heavy atom. The summed E-state index contributed by atoms with van der Waals surface area (Å²) in [7, 11) is 0. The van der Waals surface area contributed by atoms with Gasteiger partial charge in [-0.25, -0.2) is 4.39 Å². The first-order valence-corrected chi connectivity index (χ1v) is 14.7. The van der Waals surface area contributed by atoms with E-state index in [1.54, 1.807) is 0 Å². The van der Waals surface area contributed by atoms with Crippen molar-refractivity contribution in [1.82, 2.24) is 0 Å². The van der Waals surface area contributed by atoms with Crippen LogP contribution in [0.1, 0.15) is 134 Å². The molecule has 33 heavy (non-hydrogen) atoms. The molecule has 2 saturated carbocycles. The van der Waals surface area contributed by atoms with Gasteiger partial charge in [-0.15, -0.1) is 0 Å². The van der Waals surface area contributed by atoms with Crippen LogP contribution in [-0.4, -0.2) is 0 Å². The van der Waals surface area contributed by atoms with Gasteiger partial charge in [-0.1, -0.05) is 88.6 Å². The molecule has 4 rings (SSSR count). The van der Waals surface area contributed by atoms with Gasteiger partial charge in [-0.3, -0.25) is 0 Å². The molecule has 2 heteroatoms. The van der Waals surface area contributed by atoms with Crippen LogP contribution in [0.3, 0.4) is 0 Å². The van der Waals surface area contributed by atoms with Crippen molar-refractivity contribution in [3.63, 3.8) is 0 Å². The van der Waals surface area contributed by atoms with E-state index < -0.39 is 0 Å². The lowest BCUT2D eigenvalue weighted by atomic mass is 9.70. The van der Waals surface area contributed by atoms with Crippen LogP contribution in [0.4, 0.5) is 4.39 Å². The van der Waals surface area contributed by atoms with E-state index in [4.69, 9.17) is 11.6 Å². The van der Waals surface area contributed by atoms with Gasteiger partial charge in [-0.2, -0.15) is 0 Å². The second-order valence-electron chi connectivity index (χ2n) is 11.5. The monoisotopic (exact) mass is 472 g/mol. The molecule has 0 bridgehead atoms. The standard InChI is InChI=1S/C31H46ClF/c1-3-5-7-23-8-12-24(13-9-23)25-16-18-26(19-17-25)28-20-21-29(31(33)30(28)32)27-14-10-22(6-4-2)11-15-27/h18,20-25,27H,3-17,19H2,1-2H3. The molecular formula is C31H46ClF. The molecule has 1 unspecified atom stereocenters. The molecule has 0 aromatic heterocycles. The molecule has 0 spiro atoms. The molecule has 1 atom stereocenters. The van der Waals surface area contributed by atoms with E-state index in [1.165, 1.54) is 82.6 Å². The zero-order chi connectivity index (χ0) is 23.2. The van der Waals surface area contributed by atoms with Gasteiger partial charge in [-0.05, 0) is 104 Å². The van der Waals surface area contributed by atoms with Crippen LogP contribution in [0.25, 0.3) is 5.57 Å². The number of hydrogen-bond donors (Lipinski definition) is 0. The lowest BCUT2D eigenvalue weighted by Gasteiger charge is -2.35. The number of hydrogen-bond acceptors (Lipinski definition) is 0. The van der Waals surface area contributed by atoms with Crippen molar-refractivity contribution in [1.29, 1.82) is 0 Å². The third kappa shape index (κ3) is 6.25. The molecule has 1 aromatic rings. The van der Waals surface area contributed by atoms with Crippen molar-refractivity contribution in [2.45, 2.75) is 122 Å². The fourth-order valence-corrected chi connectivity index (χ4v) is 7.56. The molecule has 0 aliphatic heterocycles. The van der Waals surface area contributed by atoms with Gasteiger partial charge in [0.1, 0.15) is 5.82 Å². The highest BCUT2D eigenvalue weighted by atomic mass is 35.5. The summed E-state index contributed by atoms with van der Waals surface area (Å²) in [4.78, 5) is 0. The van der Waals surface area contributed by atoms with E-state index >= 15 is 4.39 Å².